The molecule has 0 spiro atoms. The quantitative estimate of drug-likeness (QED) is 0.656. The second-order valence-corrected chi connectivity index (χ2v) is 5.47. The van der Waals surface area contributed by atoms with Crippen molar-refractivity contribution >= 4 is 11.4 Å². The Morgan fingerprint density at radius 2 is 1.95 bits per heavy atom. The number of rotatable bonds is 3. The summed E-state index contributed by atoms with van der Waals surface area (Å²) in [5.41, 5.74) is 3.68. The summed E-state index contributed by atoms with van der Waals surface area (Å²) in [6.07, 6.45) is -3.82. The highest BCUT2D eigenvalue weighted by Gasteiger charge is 2.36. The van der Waals surface area contributed by atoms with Gasteiger partial charge in [-0.1, -0.05) is 0 Å². The summed E-state index contributed by atoms with van der Waals surface area (Å²) in [5, 5.41) is 20.3. The summed E-state index contributed by atoms with van der Waals surface area (Å²) in [5.74, 6) is 0. The number of nitro groups is 1. The monoisotopic (exact) mass is 319 g/mol. The fourth-order valence-electron chi connectivity index (χ4n) is 2.46. The first kappa shape index (κ1) is 16.5. The van der Waals surface area contributed by atoms with Crippen molar-refractivity contribution < 1.29 is 23.2 Å². The molecule has 122 valence electrons. The molecule has 1 saturated heterocycles. The van der Waals surface area contributed by atoms with Crippen LogP contribution >= 0.6 is 0 Å². The van der Waals surface area contributed by atoms with Gasteiger partial charge in [-0.25, -0.2) is 0 Å². The van der Waals surface area contributed by atoms with Gasteiger partial charge in [0.05, 0.1) is 17.1 Å². The highest BCUT2D eigenvalue weighted by Crippen LogP contribution is 2.37. The van der Waals surface area contributed by atoms with Gasteiger partial charge in [0.15, 0.2) is 0 Å². The molecule has 1 aliphatic rings. The van der Waals surface area contributed by atoms with E-state index in [2.05, 4.69) is 0 Å². The summed E-state index contributed by atoms with van der Waals surface area (Å²) in [7, 11) is 0. The topological polar surface area (TPSA) is 92.6 Å². The van der Waals surface area contributed by atoms with Crippen LogP contribution in [-0.2, 0) is 6.18 Å². The van der Waals surface area contributed by atoms with Gasteiger partial charge >= 0.3 is 6.18 Å². The molecule has 0 atom stereocenters. The molecule has 9 heteroatoms. The van der Waals surface area contributed by atoms with Crippen LogP contribution in [0.4, 0.5) is 24.5 Å². The van der Waals surface area contributed by atoms with Crippen LogP contribution < -0.4 is 10.6 Å². The van der Waals surface area contributed by atoms with Crippen LogP contribution in [0, 0.1) is 10.1 Å². The van der Waals surface area contributed by atoms with E-state index in [4.69, 9.17) is 5.73 Å². The molecule has 1 aromatic rings. The summed E-state index contributed by atoms with van der Waals surface area (Å²) >= 11 is 0. The minimum atomic E-state index is -4.63. The SMILES string of the molecule is NC1(CO)CCN(c2ccc(C(F)(F)F)cc2[N+](=O)[O-])CC1. The standard InChI is InChI=1S/C13H16F3N3O3/c14-13(15,16)9-1-2-10(11(7-9)19(21)22)18-5-3-12(17,8-20)4-6-18/h1-2,7,20H,3-6,8,17H2. The molecule has 0 amide bonds. The Morgan fingerprint density at radius 3 is 2.41 bits per heavy atom. The van der Waals surface area contributed by atoms with Crippen LogP contribution in [0.1, 0.15) is 18.4 Å². The second kappa shape index (κ2) is 5.73. The molecule has 0 saturated carbocycles. The Labute approximate surface area is 124 Å². The lowest BCUT2D eigenvalue weighted by Crippen LogP contribution is -2.53. The van der Waals surface area contributed by atoms with Gasteiger partial charge in [-0.05, 0) is 25.0 Å². The number of halogens is 3. The molecule has 2 rings (SSSR count). The van der Waals surface area contributed by atoms with Crippen molar-refractivity contribution in [3.05, 3.63) is 33.9 Å². The van der Waals surface area contributed by atoms with Crippen LogP contribution in [0.25, 0.3) is 0 Å². The van der Waals surface area contributed by atoms with Gasteiger partial charge in [0.1, 0.15) is 5.69 Å². The molecule has 0 unspecified atom stereocenters. The van der Waals surface area contributed by atoms with E-state index < -0.39 is 27.9 Å². The number of hydrogen-bond acceptors (Lipinski definition) is 5. The number of aliphatic hydroxyl groups excluding tert-OH is 1. The van der Waals surface area contributed by atoms with Crippen LogP contribution in [-0.4, -0.2) is 35.3 Å². The molecule has 6 nitrogen and oxygen atoms in total. The minimum absolute atomic E-state index is 0.137. The van der Waals surface area contributed by atoms with Gasteiger partial charge < -0.3 is 15.7 Å². The smallest absolute Gasteiger partial charge is 0.394 e. The molecule has 0 radical (unpaired) electrons. The number of nitro benzene ring substituents is 1. The zero-order valence-electron chi connectivity index (χ0n) is 11.6. The van der Waals surface area contributed by atoms with Crippen LogP contribution in [0.3, 0.4) is 0 Å². The fraction of sp³-hybridized carbons (Fsp3) is 0.538. The molecule has 1 fully saturated rings. The van der Waals surface area contributed by atoms with Crippen molar-refractivity contribution in [3.63, 3.8) is 0 Å². The molecule has 1 heterocycles. The molecular formula is C13H16F3N3O3. The molecule has 0 aromatic heterocycles. The Balaban J connectivity index is 2.30. The number of alkyl halides is 3. The van der Waals surface area contributed by atoms with Crippen molar-refractivity contribution in [2.75, 3.05) is 24.6 Å². The third kappa shape index (κ3) is 3.30. The van der Waals surface area contributed by atoms with Crippen LogP contribution in [0.5, 0.6) is 0 Å². The maximum Gasteiger partial charge on any atom is 0.416 e. The second-order valence-electron chi connectivity index (χ2n) is 5.47. The molecule has 3 N–H and O–H groups in total. The third-order valence-electron chi connectivity index (χ3n) is 3.91. The fourth-order valence-corrected chi connectivity index (χ4v) is 2.46. The Hall–Kier alpha value is -1.87. The van der Waals surface area contributed by atoms with Gasteiger partial charge in [0.25, 0.3) is 5.69 Å². The van der Waals surface area contributed by atoms with E-state index in [1.54, 1.807) is 4.90 Å². The number of nitrogens with zero attached hydrogens (tertiary/aromatic N) is 2. The lowest BCUT2D eigenvalue weighted by Gasteiger charge is -2.38. The zero-order chi connectivity index (χ0) is 16.5. The van der Waals surface area contributed by atoms with E-state index in [1.807, 2.05) is 0 Å². The number of piperidine rings is 1. The number of nitrogens with two attached hydrogens (primary N) is 1. The van der Waals surface area contributed by atoms with Crippen molar-refractivity contribution in [2.45, 2.75) is 24.6 Å². The Kier molecular flexibility index (Phi) is 4.30. The zero-order valence-corrected chi connectivity index (χ0v) is 11.6. The maximum absolute atomic E-state index is 12.7. The molecule has 1 aliphatic heterocycles. The van der Waals surface area contributed by atoms with E-state index >= 15 is 0 Å². The third-order valence-corrected chi connectivity index (χ3v) is 3.91. The van der Waals surface area contributed by atoms with Crippen molar-refractivity contribution in [3.8, 4) is 0 Å². The summed E-state index contributed by atoms with van der Waals surface area (Å²) in [6, 6.07) is 2.49. The molecule has 22 heavy (non-hydrogen) atoms. The Morgan fingerprint density at radius 1 is 1.36 bits per heavy atom. The summed E-state index contributed by atoms with van der Waals surface area (Å²) in [6.45, 7) is 0.475. The van der Waals surface area contributed by atoms with E-state index in [0.29, 0.717) is 32.0 Å². The normalized spacial score (nSPS) is 18.3. The minimum Gasteiger partial charge on any atom is -0.394 e. The van der Waals surface area contributed by atoms with Crippen molar-refractivity contribution in [1.82, 2.24) is 0 Å². The predicted octanol–water partition coefficient (Wildman–Crippen LogP) is 1.90. The first-order chi connectivity index (χ1) is 10.2. The van der Waals surface area contributed by atoms with E-state index in [1.165, 1.54) is 0 Å². The van der Waals surface area contributed by atoms with E-state index in [9.17, 15) is 28.4 Å². The first-order valence-electron chi connectivity index (χ1n) is 6.67. The van der Waals surface area contributed by atoms with Crippen molar-refractivity contribution in [2.24, 2.45) is 5.73 Å². The van der Waals surface area contributed by atoms with Gasteiger partial charge in [0.2, 0.25) is 0 Å². The van der Waals surface area contributed by atoms with E-state index in [-0.39, 0.29) is 12.3 Å². The lowest BCUT2D eigenvalue weighted by molar-refractivity contribution is -0.384. The molecule has 0 aliphatic carbocycles. The number of benzene rings is 1. The van der Waals surface area contributed by atoms with Gasteiger partial charge in [0, 0.05) is 24.7 Å². The summed E-state index contributed by atoms with van der Waals surface area (Å²) < 4.78 is 38.0. The highest BCUT2D eigenvalue weighted by molar-refractivity contribution is 5.65. The maximum atomic E-state index is 12.7. The Bertz CT molecular complexity index is 569. The highest BCUT2D eigenvalue weighted by atomic mass is 19.4. The van der Waals surface area contributed by atoms with Gasteiger partial charge in [-0.2, -0.15) is 13.2 Å². The van der Waals surface area contributed by atoms with Gasteiger partial charge in [-0.3, -0.25) is 10.1 Å². The van der Waals surface area contributed by atoms with Crippen molar-refractivity contribution in [1.29, 1.82) is 0 Å². The van der Waals surface area contributed by atoms with E-state index in [0.717, 1.165) is 12.1 Å². The predicted molar refractivity (Wildman–Crippen MR) is 73.5 cm³/mol. The number of aliphatic hydroxyl groups is 1. The molecular weight excluding hydrogens is 303 g/mol. The van der Waals surface area contributed by atoms with Crippen LogP contribution in [0.2, 0.25) is 0 Å². The van der Waals surface area contributed by atoms with Crippen LogP contribution in [0.15, 0.2) is 18.2 Å². The first-order valence-corrected chi connectivity index (χ1v) is 6.67. The molecule has 0 bridgehead atoms. The van der Waals surface area contributed by atoms with Gasteiger partial charge in [-0.15, -0.1) is 0 Å². The average Bonchev–Trinajstić information content (AvgIpc) is 2.46. The lowest BCUT2D eigenvalue weighted by atomic mass is 9.89. The largest absolute Gasteiger partial charge is 0.416 e. The number of anilines is 1. The number of hydrogen-bond donors (Lipinski definition) is 2. The average molecular weight is 319 g/mol. The summed E-state index contributed by atoms with van der Waals surface area (Å²) in [4.78, 5) is 11.9. The molecule has 1 aromatic carbocycles.